The van der Waals surface area contributed by atoms with E-state index in [4.69, 9.17) is 9.84 Å². The van der Waals surface area contributed by atoms with Crippen molar-refractivity contribution in [1.29, 1.82) is 0 Å². The maximum absolute atomic E-state index is 12.0. The molecule has 28 heavy (non-hydrogen) atoms. The average Bonchev–Trinajstić information content (AvgIpc) is 2.98. The standard InChI is InChI=1S/C21H22N2O5/c1-21(2,19(25)26)23-18(24)11-22-20(27)28-12-17-15-9-5-3-7-13(15)14-8-4-6-10-16(14)17/h3-10,17H,11-12H2,1-2H3,(H,22,27)(H,23,24)(H,25,26). The van der Waals surface area contributed by atoms with E-state index < -0.39 is 23.5 Å². The second-order valence-electron chi connectivity index (χ2n) is 7.16. The van der Waals surface area contributed by atoms with E-state index in [1.165, 1.54) is 13.8 Å². The topological polar surface area (TPSA) is 105 Å². The number of nitrogens with one attached hydrogen (secondary N) is 2. The van der Waals surface area contributed by atoms with Gasteiger partial charge in [0, 0.05) is 5.92 Å². The highest BCUT2D eigenvalue weighted by atomic mass is 16.5. The molecule has 3 rings (SSSR count). The lowest BCUT2D eigenvalue weighted by atomic mass is 9.98. The Morgan fingerprint density at radius 2 is 1.54 bits per heavy atom. The molecule has 0 bridgehead atoms. The quantitative estimate of drug-likeness (QED) is 0.712. The molecule has 0 aliphatic heterocycles. The van der Waals surface area contributed by atoms with Crippen LogP contribution in [0.4, 0.5) is 4.79 Å². The fourth-order valence-electron chi connectivity index (χ4n) is 3.25. The van der Waals surface area contributed by atoms with Crippen molar-refractivity contribution in [2.24, 2.45) is 0 Å². The van der Waals surface area contributed by atoms with Crippen LogP contribution >= 0.6 is 0 Å². The summed E-state index contributed by atoms with van der Waals surface area (Å²) in [5.41, 5.74) is 3.03. The van der Waals surface area contributed by atoms with E-state index in [2.05, 4.69) is 10.6 Å². The minimum absolute atomic E-state index is 0.0714. The van der Waals surface area contributed by atoms with Crippen molar-refractivity contribution in [2.45, 2.75) is 25.3 Å². The summed E-state index contributed by atoms with van der Waals surface area (Å²) in [5.74, 6) is -1.85. The van der Waals surface area contributed by atoms with E-state index in [0.29, 0.717) is 0 Å². The number of carboxylic acid groups (broad SMARTS) is 1. The summed E-state index contributed by atoms with van der Waals surface area (Å²) in [7, 11) is 0. The average molecular weight is 382 g/mol. The molecule has 0 radical (unpaired) electrons. The molecular formula is C21H22N2O5. The Bertz CT molecular complexity index is 877. The van der Waals surface area contributed by atoms with Gasteiger partial charge in [-0.25, -0.2) is 9.59 Å². The molecule has 2 amide bonds. The normalized spacial score (nSPS) is 12.6. The number of hydrogen-bond donors (Lipinski definition) is 3. The van der Waals surface area contributed by atoms with Crippen LogP contribution in [0, 0.1) is 0 Å². The minimum Gasteiger partial charge on any atom is -0.480 e. The van der Waals surface area contributed by atoms with Gasteiger partial charge in [0.15, 0.2) is 0 Å². The van der Waals surface area contributed by atoms with Crippen molar-refractivity contribution in [3.05, 3.63) is 59.7 Å². The SMILES string of the molecule is CC(C)(NC(=O)CNC(=O)OCC1c2ccccc2-c2ccccc21)C(=O)O. The summed E-state index contributed by atoms with van der Waals surface area (Å²) < 4.78 is 5.32. The fourth-order valence-corrected chi connectivity index (χ4v) is 3.25. The zero-order valence-electron chi connectivity index (χ0n) is 15.7. The number of fused-ring (bicyclic) bond motifs is 3. The van der Waals surface area contributed by atoms with Crippen LogP contribution in [0.3, 0.4) is 0 Å². The summed E-state index contributed by atoms with van der Waals surface area (Å²) in [6.45, 7) is 2.50. The molecule has 0 unspecified atom stereocenters. The van der Waals surface area contributed by atoms with E-state index in [-0.39, 0.29) is 19.1 Å². The number of rotatable bonds is 6. The summed E-state index contributed by atoms with van der Waals surface area (Å²) in [4.78, 5) is 34.8. The molecule has 146 valence electrons. The third-order valence-corrected chi connectivity index (χ3v) is 4.72. The third-order valence-electron chi connectivity index (χ3n) is 4.72. The molecule has 0 fully saturated rings. The highest BCUT2D eigenvalue weighted by Crippen LogP contribution is 2.44. The monoisotopic (exact) mass is 382 g/mol. The van der Waals surface area contributed by atoms with E-state index in [1.807, 2.05) is 48.5 Å². The van der Waals surface area contributed by atoms with Crippen molar-refractivity contribution < 1.29 is 24.2 Å². The molecule has 2 aromatic rings. The van der Waals surface area contributed by atoms with Crippen LogP contribution in [0.1, 0.15) is 30.9 Å². The first-order valence-electron chi connectivity index (χ1n) is 8.93. The molecule has 0 aromatic heterocycles. The number of aliphatic carboxylic acids is 1. The van der Waals surface area contributed by atoms with Gasteiger partial charge in [-0.1, -0.05) is 48.5 Å². The predicted octanol–water partition coefficient (Wildman–Crippen LogP) is 2.50. The Morgan fingerprint density at radius 3 is 2.07 bits per heavy atom. The maximum atomic E-state index is 12.0. The van der Waals surface area contributed by atoms with Gasteiger partial charge in [0.2, 0.25) is 5.91 Å². The van der Waals surface area contributed by atoms with E-state index in [1.54, 1.807) is 0 Å². The molecule has 0 saturated carbocycles. The first-order chi connectivity index (χ1) is 13.3. The van der Waals surface area contributed by atoms with Gasteiger partial charge in [0.05, 0.1) is 0 Å². The van der Waals surface area contributed by atoms with Gasteiger partial charge >= 0.3 is 12.1 Å². The van der Waals surface area contributed by atoms with Gasteiger partial charge in [-0.05, 0) is 36.1 Å². The van der Waals surface area contributed by atoms with Crippen LogP contribution in [-0.2, 0) is 14.3 Å². The van der Waals surface area contributed by atoms with Crippen LogP contribution in [0.25, 0.3) is 11.1 Å². The van der Waals surface area contributed by atoms with E-state index >= 15 is 0 Å². The van der Waals surface area contributed by atoms with Gasteiger partial charge in [0.1, 0.15) is 18.7 Å². The van der Waals surface area contributed by atoms with Crippen molar-refractivity contribution in [2.75, 3.05) is 13.2 Å². The van der Waals surface area contributed by atoms with Crippen LogP contribution in [0.2, 0.25) is 0 Å². The second kappa shape index (κ2) is 7.72. The lowest BCUT2D eigenvalue weighted by Gasteiger charge is -2.21. The Morgan fingerprint density at radius 1 is 1.00 bits per heavy atom. The van der Waals surface area contributed by atoms with Gasteiger partial charge in [-0.2, -0.15) is 0 Å². The fraction of sp³-hybridized carbons (Fsp3) is 0.286. The molecule has 1 aliphatic rings. The Labute approximate surface area is 162 Å². The van der Waals surface area contributed by atoms with Crippen LogP contribution < -0.4 is 10.6 Å². The minimum atomic E-state index is -1.42. The number of ether oxygens (including phenoxy) is 1. The molecule has 7 heteroatoms. The number of hydrogen-bond acceptors (Lipinski definition) is 4. The second-order valence-corrected chi connectivity index (χ2v) is 7.16. The molecular weight excluding hydrogens is 360 g/mol. The van der Waals surface area contributed by atoms with Crippen LogP contribution in [0.5, 0.6) is 0 Å². The lowest BCUT2D eigenvalue weighted by molar-refractivity contribution is -0.145. The molecule has 7 nitrogen and oxygen atoms in total. The molecule has 0 atom stereocenters. The van der Waals surface area contributed by atoms with Crippen LogP contribution in [0.15, 0.2) is 48.5 Å². The molecule has 0 heterocycles. The first kappa shape index (κ1) is 19.4. The third kappa shape index (κ3) is 3.98. The lowest BCUT2D eigenvalue weighted by Crippen LogP contribution is -2.52. The molecule has 3 N–H and O–H groups in total. The van der Waals surface area contributed by atoms with Crippen molar-refractivity contribution >= 4 is 18.0 Å². The zero-order chi connectivity index (χ0) is 20.3. The van der Waals surface area contributed by atoms with Gasteiger partial charge in [0.25, 0.3) is 0 Å². The number of carbonyl (C=O) groups is 3. The summed E-state index contributed by atoms with van der Waals surface area (Å²) in [6.07, 6.45) is -0.731. The van der Waals surface area contributed by atoms with Crippen LogP contribution in [-0.4, -0.2) is 41.8 Å². The van der Waals surface area contributed by atoms with Crippen molar-refractivity contribution in [3.8, 4) is 11.1 Å². The largest absolute Gasteiger partial charge is 0.480 e. The van der Waals surface area contributed by atoms with Gasteiger partial charge in [-0.3, -0.25) is 4.79 Å². The van der Waals surface area contributed by atoms with Gasteiger partial charge in [-0.15, -0.1) is 0 Å². The first-order valence-corrected chi connectivity index (χ1v) is 8.93. The number of carboxylic acids is 1. The molecule has 1 aliphatic carbocycles. The molecule has 0 saturated heterocycles. The number of benzene rings is 2. The number of amides is 2. The van der Waals surface area contributed by atoms with Crippen molar-refractivity contribution in [1.82, 2.24) is 10.6 Å². The highest BCUT2D eigenvalue weighted by Gasteiger charge is 2.30. The predicted molar refractivity (Wildman–Crippen MR) is 103 cm³/mol. The van der Waals surface area contributed by atoms with E-state index in [9.17, 15) is 14.4 Å². The van der Waals surface area contributed by atoms with Crippen molar-refractivity contribution in [3.63, 3.8) is 0 Å². The Balaban J connectivity index is 1.57. The number of carbonyl (C=O) groups excluding carboxylic acids is 2. The highest BCUT2D eigenvalue weighted by molar-refractivity contribution is 5.88. The Kier molecular flexibility index (Phi) is 5.35. The summed E-state index contributed by atoms with van der Waals surface area (Å²) >= 11 is 0. The van der Waals surface area contributed by atoms with E-state index in [0.717, 1.165) is 22.3 Å². The van der Waals surface area contributed by atoms with Gasteiger partial charge < -0.3 is 20.5 Å². The zero-order valence-corrected chi connectivity index (χ0v) is 15.7. The summed E-state index contributed by atoms with van der Waals surface area (Å²) in [5, 5.41) is 13.7. The molecule has 0 spiro atoms. The molecule has 2 aromatic carbocycles. The maximum Gasteiger partial charge on any atom is 0.407 e. The number of alkyl carbamates (subject to hydrolysis) is 1. The Hall–Kier alpha value is -3.35. The summed E-state index contributed by atoms with van der Waals surface area (Å²) in [6, 6.07) is 16.0. The smallest absolute Gasteiger partial charge is 0.407 e.